The fourth-order valence-corrected chi connectivity index (χ4v) is 4.21. The minimum absolute atomic E-state index is 0.102. The molecule has 3 unspecified atom stereocenters. The molecular formula is C19H23N5O. The van der Waals surface area contributed by atoms with E-state index in [-0.39, 0.29) is 11.9 Å². The van der Waals surface area contributed by atoms with Gasteiger partial charge in [0.15, 0.2) is 0 Å². The number of anilines is 2. The molecule has 0 spiro atoms. The van der Waals surface area contributed by atoms with E-state index in [4.69, 9.17) is 5.73 Å². The predicted octanol–water partition coefficient (Wildman–Crippen LogP) is 2.42. The van der Waals surface area contributed by atoms with E-state index < -0.39 is 0 Å². The number of carbonyl (C=O) groups excluding carboxylic acids is 1. The molecule has 3 N–H and O–H groups in total. The first-order valence-corrected chi connectivity index (χ1v) is 8.89. The summed E-state index contributed by atoms with van der Waals surface area (Å²) in [6, 6.07) is 9.61. The molecule has 0 radical (unpaired) electrons. The van der Waals surface area contributed by atoms with Crippen LogP contribution in [0.2, 0.25) is 0 Å². The predicted molar refractivity (Wildman–Crippen MR) is 96.5 cm³/mol. The van der Waals surface area contributed by atoms with Crippen molar-refractivity contribution >= 4 is 17.5 Å². The van der Waals surface area contributed by atoms with Gasteiger partial charge in [-0.15, -0.1) is 0 Å². The normalized spacial score (nSPS) is 25.0. The van der Waals surface area contributed by atoms with Gasteiger partial charge in [-0.3, -0.25) is 4.79 Å². The highest BCUT2D eigenvalue weighted by Gasteiger charge is 2.42. The van der Waals surface area contributed by atoms with E-state index in [9.17, 15) is 4.79 Å². The zero-order valence-electron chi connectivity index (χ0n) is 14.1. The number of nitrogens with one attached hydrogen (secondary N) is 1. The summed E-state index contributed by atoms with van der Waals surface area (Å²) < 4.78 is 0. The minimum atomic E-state index is 0.102. The fourth-order valence-electron chi connectivity index (χ4n) is 4.21. The van der Waals surface area contributed by atoms with Crippen molar-refractivity contribution in [1.82, 2.24) is 14.9 Å². The molecule has 1 saturated carbocycles. The summed E-state index contributed by atoms with van der Waals surface area (Å²) in [6.07, 6.45) is 6.83. The molecule has 2 saturated heterocycles. The lowest BCUT2D eigenvalue weighted by atomic mass is 9.72. The molecule has 5 rings (SSSR count). The molecule has 2 aromatic rings. The molecule has 1 amide bonds. The van der Waals surface area contributed by atoms with Gasteiger partial charge in [0.25, 0.3) is 5.91 Å². The maximum absolute atomic E-state index is 13.1. The lowest BCUT2D eigenvalue weighted by Gasteiger charge is -2.49. The van der Waals surface area contributed by atoms with Crippen molar-refractivity contribution in [2.24, 2.45) is 17.6 Å². The van der Waals surface area contributed by atoms with E-state index in [0.717, 1.165) is 25.1 Å². The van der Waals surface area contributed by atoms with Crippen LogP contribution in [0.15, 0.2) is 42.7 Å². The van der Waals surface area contributed by atoms with E-state index in [1.165, 1.54) is 6.42 Å². The van der Waals surface area contributed by atoms with Gasteiger partial charge in [-0.2, -0.15) is 0 Å². The van der Waals surface area contributed by atoms with E-state index in [1.807, 2.05) is 29.2 Å². The molecule has 3 heterocycles. The Morgan fingerprint density at radius 3 is 2.84 bits per heavy atom. The van der Waals surface area contributed by atoms with Crippen LogP contribution in [-0.2, 0) is 0 Å². The zero-order valence-corrected chi connectivity index (χ0v) is 14.1. The standard InChI is InChI=1S/C19H23N5O/c20-11-15-9-13-5-6-17(15)24(12-13)18(25)14-3-1-4-16(10-14)23-19-21-7-2-8-22-19/h1-4,7-8,10,13,15,17H,5-6,9,11-12,20H2,(H,21,22,23). The Morgan fingerprint density at radius 1 is 1.24 bits per heavy atom. The van der Waals surface area contributed by atoms with Crippen molar-refractivity contribution in [3.05, 3.63) is 48.3 Å². The van der Waals surface area contributed by atoms with Crippen molar-refractivity contribution in [2.75, 3.05) is 18.4 Å². The second kappa shape index (κ2) is 6.80. The highest BCUT2D eigenvalue weighted by Crippen LogP contribution is 2.39. The number of aromatic nitrogens is 2. The van der Waals surface area contributed by atoms with Crippen LogP contribution in [0.4, 0.5) is 11.6 Å². The summed E-state index contributed by atoms with van der Waals surface area (Å²) in [7, 11) is 0. The second-order valence-electron chi connectivity index (χ2n) is 6.98. The first-order chi connectivity index (χ1) is 12.2. The van der Waals surface area contributed by atoms with Crippen LogP contribution in [0.1, 0.15) is 29.6 Å². The Morgan fingerprint density at radius 2 is 2.08 bits per heavy atom. The number of nitrogens with two attached hydrogens (primary N) is 1. The molecule has 1 aromatic heterocycles. The largest absolute Gasteiger partial charge is 0.335 e. The van der Waals surface area contributed by atoms with Crippen molar-refractivity contribution in [3.63, 3.8) is 0 Å². The molecular weight excluding hydrogens is 314 g/mol. The van der Waals surface area contributed by atoms with Crippen molar-refractivity contribution in [2.45, 2.75) is 25.3 Å². The van der Waals surface area contributed by atoms with Crippen LogP contribution in [0.3, 0.4) is 0 Å². The molecule has 2 aliphatic heterocycles. The number of piperidine rings is 2. The Balaban J connectivity index is 1.53. The van der Waals surface area contributed by atoms with Crippen molar-refractivity contribution in [1.29, 1.82) is 0 Å². The minimum Gasteiger partial charge on any atom is -0.335 e. The molecule has 6 nitrogen and oxygen atoms in total. The molecule has 1 aromatic carbocycles. The third-order valence-corrected chi connectivity index (χ3v) is 5.40. The summed E-state index contributed by atoms with van der Waals surface area (Å²) in [5.41, 5.74) is 7.45. The number of hydrogen-bond acceptors (Lipinski definition) is 5. The molecule has 2 bridgehead atoms. The molecule has 6 heteroatoms. The van der Waals surface area contributed by atoms with E-state index in [0.29, 0.717) is 29.9 Å². The van der Waals surface area contributed by atoms with Crippen LogP contribution in [0.25, 0.3) is 0 Å². The summed E-state index contributed by atoms with van der Waals surface area (Å²) in [6.45, 7) is 1.53. The smallest absolute Gasteiger partial charge is 0.254 e. The SMILES string of the molecule is NCC1CC2CCC1N(C(=O)c1cccc(Nc3ncccn3)c1)C2. The van der Waals surface area contributed by atoms with E-state index >= 15 is 0 Å². The van der Waals surface area contributed by atoms with Gasteiger partial charge >= 0.3 is 0 Å². The Kier molecular flexibility index (Phi) is 4.36. The number of hydrogen-bond donors (Lipinski definition) is 2. The summed E-state index contributed by atoms with van der Waals surface area (Å²) in [5, 5.41) is 3.14. The molecule has 3 atom stereocenters. The first-order valence-electron chi connectivity index (χ1n) is 8.89. The van der Waals surface area contributed by atoms with Gasteiger partial charge in [0, 0.05) is 36.2 Å². The number of amides is 1. The Bertz CT molecular complexity index is 750. The monoisotopic (exact) mass is 337 g/mol. The highest BCUT2D eigenvalue weighted by atomic mass is 16.2. The summed E-state index contributed by atoms with van der Waals surface area (Å²) in [5.74, 6) is 1.66. The average Bonchev–Trinajstić information content (AvgIpc) is 2.68. The first kappa shape index (κ1) is 16.0. The zero-order chi connectivity index (χ0) is 17.2. The van der Waals surface area contributed by atoms with Crippen LogP contribution in [0, 0.1) is 11.8 Å². The van der Waals surface area contributed by atoms with E-state index in [2.05, 4.69) is 15.3 Å². The van der Waals surface area contributed by atoms with Crippen LogP contribution in [0.5, 0.6) is 0 Å². The Labute approximate surface area is 147 Å². The van der Waals surface area contributed by atoms with Crippen molar-refractivity contribution < 1.29 is 4.79 Å². The quantitative estimate of drug-likeness (QED) is 0.895. The third kappa shape index (κ3) is 3.22. The maximum Gasteiger partial charge on any atom is 0.254 e. The number of rotatable bonds is 4. The number of benzene rings is 1. The van der Waals surface area contributed by atoms with Crippen LogP contribution in [-0.4, -0.2) is 39.9 Å². The van der Waals surface area contributed by atoms with Gasteiger partial charge in [0.05, 0.1) is 0 Å². The summed E-state index contributed by atoms with van der Waals surface area (Å²) in [4.78, 5) is 23.4. The lowest BCUT2D eigenvalue weighted by molar-refractivity contribution is 0.00811. The molecule has 25 heavy (non-hydrogen) atoms. The van der Waals surface area contributed by atoms with Crippen LogP contribution < -0.4 is 11.1 Å². The number of nitrogens with zero attached hydrogens (tertiary/aromatic N) is 3. The topological polar surface area (TPSA) is 84.1 Å². The molecule has 1 aliphatic carbocycles. The average molecular weight is 337 g/mol. The van der Waals surface area contributed by atoms with Crippen LogP contribution >= 0.6 is 0 Å². The summed E-state index contributed by atoms with van der Waals surface area (Å²) >= 11 is 0. The highest BCUT2D eigenvalue weighted by molar-refractivity contribution is 5.95. The maximum atomic E-state index is 13.1. The molecule has 3 fully saturated rings. The van der Waals surface area contributed by atoms with Gasteiger partial charge in [-0.25, -0.2) is 9.97 Å². The third-order valence-electron chi connectivity index (χ3n) is 5.40. The second-order valence-corrected chi connectivity index (χ2v) is 6.98. The molecule has 130 valence electrons. The number of fused-ring (bicyclic) bond motifs is 3. The van der Waals surface area contributed by atoms with E-state index in [1.54, 1.807) is 18.5 Å². The van der Waals surface area contributed by atoms with Gasteiger partial charge in [-0.05, 0) is 61.9 Å². The van der Waals surface area contributed by atoms with Gasteiger partial charge in [-0.1, -0.05) is 6.07 Å². The number of carbonyl (C=O) groups is 1. The Hall–Kier alpha value is -2.47. The van der Waals surface area contributed by atoms with Gasteiger partial charge in [0.1, 0.15) is 0 Å². The fraction of sp³-hybridized carbons (Fsp3) is 0.421. The van der Waals surface area contributed by atoms with Gasteiger partial charge < -0.3 is 16.0 Å². The molecule has 3 aliphatic rings. The lowest BCUT2D eigenvalue weighted by Crippen LogP contribution is -2.56. The van der Waals surface area contributed by atoms with Gasteiger partial charge in [0.2, 0.25) is 5.95 Å². The van der Waals surface area contributed by atoms with Crippen molar-refractivity contribution in [3.8, 4) is 0 Å².